The van der Waals surface area contributed by atoms with Crippen LogP contribution in [0.3, 0.4) is 0 Å². The minimum Gasteiger partial charge on any atom is -0.461 e. The van der Waals surface area contributed by atoms with Gasteiger partial charge in [-0.1, -0.05) is 50.8 Å². The Morgan fingerprint density at radius 3 is 2.54 bits per heavy atom. The molecule has 0 amide bonds. The van der Waals surface area contributed by atoms with Crippen LogP contribution in [0.4, 0.5) is 0 Å². The Labute approximate surface area is 159 Å². The highest BCUT2D eigenvalue weighted by molar-refractivity contribution is 6.20. The summed E-state index contributed by atoms with van der Waals surface area (Å²) in [4.78, 5) is 29.0. The van der Waals surface area contributed by atoms with Crippen molar-refractivity contribution in [2.45, 2.75) is 44.4 Å². The Hall–Kier alpha value is -2.20. The van der Waals surface area contributed by atoms with Crippen molar-refractivity contribution >= 4 is 23.4 Å². The summed E-state index contributed by atoms with van der Waals surface area (Å²) in [7, 11) is 0. The van der Waals surface area contributed by atoms with Crippen LogP contribution in [0.2, 0.25) is 0 Å². The van der Waals surface area contributed by atoms with Gasteiger partial charge in [-0.3, -0.25) is 9.78 Å². The number of rotatable bonds is 10. The average molecular weight is 374 g/mol. The second kappa shape index (κ2) is 10.7. The van der Waals surface area contributed by atoms with Gasteiger partial charge in [0.05, 0.1) is 10.9 Å². The van der Waals surface area contributed by atoms with Gasteiger partial charge < -0.3 is 4.74 Å². The molecule has 0 radical (unpaired) electrons. The zero-order valence-corrected chi connectivity index (χ0v) is 15.7. The fraction of sp³-hybridized carbons (Fsp3) is 0.381. The molecule has 2 aromatic rings. The van der Waals surface area contributed by atoms with Crippen LogP contribution < -0.4 is 0 Å². The van der Waals surface area contributed by atoms with Crippen LogP contribution in [0.5, 0.6) is 0 Å². The second-order valence-electron chi connectivity index (χ2n) is 6.16. The second-order valence-corrected chi connectivity index (χ2v) is 6.78. The molecule has 0 saturated heterocycles. The van der Waals surface area contributed by atoms with Gasteiger partial charge in [-0.2, -0.15) is 0 Å². The third kappa shape index (κ3) is 5.95. The predicted octanol–water partition coefficient (Wildman–Crippen LogP) is 5.05. The molecule has 1 unspecified atom stereocenters. The molecule has 0 N–H and O–H groups in total. The molecule has 1 heterocycles. The molecule has 0 fully saturated rings. The molecule has 26 heavy (non-hydrogen) atoms. The van der Waals surface area contributed by atoms with Gasteiger partial charge in [-0.05, 0) is 24.6 Å². The molecular weight excluding hydrogens is 350 g/mol. The molecule has 1 aromatic heterocycles. The molecular formula is C21H24ClNO3. The molecule has 0 aliphatic rings. The van der Waals surface area contributed by atoms with E-state index < -0.39 is 5.97 Å². The maximum Gasteiger partial charge on any atom is 0.338 e. The highest BCUT2D eigenvalue weighted by atomic mass is 35.5. The Bertz CT molecular complexity index is 718. The Balaban J connectivity index is 1.98. The molecule has 0 spiro atoms. The van der Waals surface area contributed by atoms with E-state index in [0.717, 1.165) is 19.3 Å². The summed E-state index contributed by atoms with van der Waals surface area (Å²) in [5, 5.41) is -0.211. The number of hydrogen-bond acceptors (Lipinski definition) is 4. The van der Waals surface area contributed by atoms with E-state index in [1.807, 2.05) is 0 Å². The monoisotopic (exact) mass is 373 g/mol. The van der Waals surface area contributed by atoms with Crippen LogP contribution in [0.25, 0.3) is 0 Å². The Morgan fingerprint density at radius 1 is 1.08 bits per heavy atom. The Kier molecular flexibility index (Phi) is 8.29. The van der Waals surface area contributed by atoms with Gasteiger partial charge in [0, 0.05) is 23.5 Å². The number of esters is 1. The van der Waals surface area contributed by atoms with Crippen molar-refractivity contribution in [1.29, 1.82) is 0 Å². The van der Waals surface area contributed by atoms with Crippen molar-refractivity contribution < 1.29 is 14.3 Å². The summed E-state index contributed by atoms with van der Waals surface area (Å²) < 4.78 is 5.33. The fourth-order valence-electron chi connectivity index (χ4n) is 2.63. The van der Waals surface area contributed by atoms with Gasteiger partial charge in [-0.25, -0.2) is 4.79 Å². The minimum absolute atomic E-state index is 0.141. The number of ketones is 1. The third-order valence-electron chi connectivity index (χ3n) is 4.08. The molecule has 0 saturated carbocycles. The first-order valence-corrected chi connectivity index (χ1v) is 9.42. The maximum absolute atomic E-state index is 12.6. The number of ether oxygens (including phenoxy) is 1. The number of nitrogens with zero attached hydrogens (tertiary/aromatic N) is 1. The van der Waals surface area contributed by atoms with Gasteiger partial charge in [-0.15, -0.1) is 11.6 Å². The van der Waals surface area contributed by atoms with E-state index in [9.17, 15) is 9.59 Å². The predicted molar refractivity (Wildman–Crippen MR) is 103 cm³/mol. The number of unbranched alkanes of at least 4 members (excludes halogenated alkanes) is 3. The summed E-state index contributed by atoms with van der Waals surface area (Å²) in [5.41, 5.74) is 0.981. The summed E-state index contributed by atoms with van der Waals surface area (Å²) in [6.07, 6.45) is 8.40. The number of pyridine rings is 1. The number of benzene rings is 1. The topological polar surface area (TPSA) is 56.3 Å². The summed E-state index contributed by atoms with van der Waals surface area (Å²) in [6.45, 7) is 2.30. The lowest BCUT2D eigenvalue weighted by Gasteiger charge is -2.12. The van der Waals surface area contributed by atoms with E-state index in [4.69, 9.17) is 16.3 Å². The summed E-state index contributed by atoms with van der Waals surface area (Å²) >= 11 is 6.24. The largest absolute Gasteiger partial charge is 0.461 e. The lowest BCUT2D eigenvalue weighted by atomic mass is 9.99. The van der Waals surface area contributed by atoms with E-state index in [1.54, 1.807) is 42.6 Å². The van der Waals surface area contributed by atoms with Crippen LogP contribution in [0.1, 0.15) is 65.3 Å². The molecule has 138 valence electrons. The molecule has 0 aliphatic heterocycles. The highest BCUT2D eigenvalue weighted by Crippen LogP contribution is 2.17. The fourth-order valence-corrected chi connectivity index (χ4v) is 2.85. The van der Waals surface area contributed by atoms with E-state index >= 15 is 0 Å². The lowest BCUT2D eigenvalue weighted by molar-refractivity contribution is 0.0498. The highest BCUT2D eigenvalue weighted by Gasteiger charge is 2.20. The SMILES string of the molecule is CCCCCCC(Cl)COC(=O)c1ccccc1C(=O)c1cccnc1. The molecule has 2 rings (SSSR count). The van der Waals surface area contributed by atoms with E-state index in [1.165, 1.54) is 19.0 Å². The zero-order chi connectivity index (χ0) is 18.8. The third-order valence-corrected chi connectivity index (χ3v) is 4.43. The zero-order valence-electron chi connectivity index (χ0n) is 15.0. The van der Waals surface area contributed by atoms with Crippen molar-refractivity contribution in [3.63, 3.8) is 0 Å². The first kappa shape index (κ1) is 20.1. The molecule has 0 aliphatic carbocycles. The number of carbonyl (C=O) groups excluding carboxylic acids is 2. The van der Waals surface area contributed by atoms with Crippen LogP contribution in [-0.4, -0.2) is 28.7 Å². The quantitative estimate of drug-likeness (QED) is 0.253. The molecule has 0 bridgehead atoms. The van der Waals surface area contributed by atoms with Gasteiger partial charge in [0.1, 0.15) is 6.61 Å². The van der Waals surface area contributed by atoms with E-state index in [-0.39, 0.29) is 23.3 Å². The first-order valence-electron chi connectivity index (χ1n) is 8.98. The number of carbonyl (C=O) groups is 2. The number of hydrogen-bond donors (Lipinski definition) is 0. The standard InChI is InChI=1S/C21H24ClNO3/c1-2-3-4-5-10-17(22)15-26-21(25)19-12-7-6-11-18(19)20(24)16-9-8-13-23-14-16/h6-9,11-14,17H,2-5,10,15H2,1H3. The van der Waals surface area contributed by atoms with Crippen LogP contribution in [0.15, 0.2) is 48.8 Å². The van der Waals surface area contributed by atoms with Crippen molar-refractivity contribution in [2.24, 2.45) is 0 Å². The normalized spacial score (nSPS) is 11.8. The van der Waals surface area contributed by atoms with Crippen LogP contribution in [0, 0.1) is 0 Å². The number of alkyl halides is 1. The number of aromatic nitrogens is 1. The molecule has 1 aromatic carbocycles. The molecule has 4 nitrogen and oxygen atoms in total. The molecule has 1 atom stereocenters. The first-order chi connectivity index (χ1) is 12.6. The lowest BCUT2D eigenvalue weighted by Crippen LogP contribution is -2.17. The molecule has 5 heteroatoms. The van der Waals surface area contributed by atoms with Crippen molar-refractivity contribution in [2.75, 3.05) is 6.61 Å². The van der Waals surface area contributed by atoms with Gasteiger partial charge in [0.25, 0.3) is 0 Å². The Morgan fingerprint density at radius 2 is 1.85 bits per heavy atom. The average Bonchev–Trinajstić information content (AvgIpc) is 2.69. The van der Waals surface area contributed by atoms with Crippen molar-refractivity contribution in [3.05, 3.63) is 65.5 Å². The smallest absolute Gasteiger partial charge is 0.338 e. The maximum atomic E-state index is 12.6. The van der Waals surface area contributed by atoms with Crippen LogP contribution in [-0.2, 0) is 4.74 Å². The minimum atomic E-state index is -0.531. The number of halogens is 1. The van der Waals surface area contributed by atoms with E-state index in [0.29, 0.717) is 11.1 Å². The van der Waals surface area contributed by atoms with Gasteiger partial charge >= 0.3 is 5.97 Å². The van der Waals surface area contributed by atoms with Gasteiger partial charge in [0.2, 0.25) is 0 Å². The van der Waals surface area contributed by atoms with Crippen molar-refractivity contribution in [1.82, 2.24) is 4.98 Å². The van der Waals surface area contributed by atoms with Gasteiger partial charge in [0.15, 0.2) is 5.78 Å². The van der Waals surface area contributed by atoms with E-state index in [2.05, 4.69) is 11.9 Å². The van der Waals surface area contributed by atoms with Crippen LogP contribution >= 0.6 is 11.6 Å². The van der Waals surface area contributed by atoms with Crippen molar-refractivity contribution in [3.8, 4) is 0 Å². The summed E-state index contributed by atoms with van der Waals surface area (Å²) in [5.74, 6) is -0.787. The summed E-state index contributed by atoms with van der Waals surface area (Å²) in [6, 6.07) is 10.00.